The molecule has 216 valence electrons. The van der Waals surface area contributed by atoms with E-state index < -0.39 is 24.8 Å². The molecule has 0 saturated carbocycles. The second kappa shape index (κ2) is 30.3. The summed E-state index contributed by atoms with van der Waals surface area (Å²) in [5.41, 5.74) is 0. The van der Waals surface area contributed by atoms with Crippen LogP contribution in [0.15, 0.2) is 87.1 Å². The van der Waals surface area contributed by atoms with Gasteiger partial charge in [-0.05, 0) is 44.9 Å². The third-order valence-corrected chi connectivity index (χ3v) is 4.51. The van der Waals surface area contributed by atoms with E-state index in [9.17, 15) is 14.7 Å². The Morgan fingerprint density at radius 3 is 1.61 bits per heavy atom. The van der Waals surface area contributed by atoms with Crippen LogP contribution < -0.4 is 0 Å². The van der Waals surface area contributed by atoms with Gasteiger partial charge < -0.3 is 19.1 Å². The number of hydrogen-bond acceptors (Lipinski definition) is 5. The van der Waals surface area contributed by atoms with Crippen LogP contribution in [0.25, 0.3) is 0 Å². The summed E-state index contributed by atoms with van der Waals surface area (Å²) in [5.74, 6) is -0.973. The van der Waals surface area contributed by atoms with Crippen molar-refractivity contribution in [2.45, 2.75) is 70.8 Å². The molecule has 0 aromatic carbocycles. The lowest BCUT2D eigenvalue weighted by Gasteiger charge is -2.26. The standard InChI is InChI=1S/C28H46NO5.2C2H4/c1-5-6-7-8-9-10-11-12-13-14-15-16-17-18-19-20-21-22-27(31)33-25-34-28(32)23-26(30)24-29(2,3)4;2*1-2/h6-7,9-10,12-13,15-16,18-19,26,30H,5,8,11,14,17,20-25H2,1-4H3;2*1-2H2/q+1;;/b7-6-,10-9-,13-12-,16-15-,19-18-;;. The van der Waals surface area contributed by atoms with Crippen molar-refractivity contribution < 1.29 is 28.7 Å². The fourth-order valence-electron chi connectivity index (χ4n) is 2.91. The lowest BCUT2D eigenvalue weighted by Crippen LogP contribution is -2.42. The van der Waals surface area contributed by atoms with Gasteiger partial charge in [-0.2, -0.15) is 0 Å². The Bertz CT molecular complexity index is 712. The van der Waals surface area contributed by atoms with Crippen LogP contribution in [-0.2, 0) is 19.1 Å². The third kappa shape index (κ3) is 35.2. The van der Waals surface area contributed by atoms with Crippen molar-refractivity contribution in [2.75, 3.05) is 34.5 Å². The van der Waals surface area contributed by atoms with Crippen LogP contribution in [-0.4, -0.2) is 62.1 Å². The molecule has 0 bridgehead atoms. The summed E-state index contributed by atoms with van der Waals surface area (Å²) in [4.78, 5) is 23.3. The lowest BCUT2D eigenvalue weighted by atomic mass is 10.2. The fraction of sp³-hybridized carbons (Fsp3) is 0.500. The van der Waals surface area contributed by atoms with Gasteiger partial charge in [-0.15, -0.1) is 26.3 Å². The zero-order valence-corrected chi connectivity index (χ0v) is 24.5. The van der Waals surface area contributed by atoms with Crippen LogP contribution in [0.3, 0.4) is 0 Å². The molecule has 1 atom stereocenters. The normalized spacial score (nSPS) is 12.4. The van der Waals surface area contributed by atoms with Gasteiger partial charge in [0.1, 0.15) is 12.6 Å². The number of carbonyl (C=O) groups excluding carboxylic acids is 2. The van der Waals surface area contributed by atoms with Crippen molar-refractivity contribution in [1.82, 2.24) is 0 Å². The van der Waals surface area contributed by atoms with Crippen molar-refractivity contribution in [3.05, 3.63) is 87.1 Å². The first kappa shape index (κ1) is 39.6. The summed E-state index contributed by atoms with van der Waals surface area (Å²) >= 11 is 0. The van der Waals surface area contributed by atoms with Crippen LogP contribution in [0, 0.1) is 0 Å². The van der Waals surface area contributed by atoms with Gasteiger partial charge in [0, 0.05) is 6.42 Å². The molecular formula is C32H54NO5+. The molecule has 0 heterocycles. The molecule has 0 aliphatic heterocycles. The first-order chi connectivity index (χ1) is 18.2. The number of aliphatic hydroxyl groups is 1. The smallest absolute Gasteiger partial charge is 0.311 e. The van der Waals surface area contributed by atoms with E-state index in [2.05, 4.69) is 94.0 Å². The number of aliphatic hydroxyl groups excluding tert-OH is 1. The number of ether oxygens (including phenoxy) is 2. The molecule has 0 fully saturated rings. The highest BCUT2D eigenvalue weighted by atomic mass is 16.7. The molecule has 0 aromatic rings. The Morgan fingerprint density at radius 1 is 0.737 bits per heavy atom. The SMILES string of the molecule is C=C.C=C.CC/C=C\C/C=C\C/C=C\C/C=C\C/C=C\CCCC(=O)OCOC(=O)CC(O)C[N+](C)(C)C. The minimum absolute atomic E-state index is 0.114. The van der Waals surface area contributed by atoms with Crippen molar-refractivity contribution in [3.8, 4) is 0 Å². The number of quaternary nitrogens is 1. The van der Waals surface area contributed by atoms with Crippen LogP contribution in [0.2, 0.25) is 0 Å². The molecule has 0 spiro atoms. The summed E-state index contributed by atoms with van der Waals surface area (Å²) < 4.78 is 10.3. The number of hydrogen-bond donors (Lipinski definition) is 1. The van der Waals surface area contributed by atoms with Gasteiger partial charge in [0.25, 0.3) is 0 Å². The van der Waals surface area contributed by atoms with Gasteiger partial charge in [0.15, 0.2) is 0 Å². The number of allylic oxidation sites excluding steroid dienone is 10. The highest BCUT2D eigenvalue weighted by molar-refractivity contribution is 5.71. The Kier molecular flexibility index (Phi) is 31.5. The third-order valence-electron chi connectivity index (χ3n) is 4.51. The molecule has 6 heteroatoms. The molecule has 0 aromatic heterocycles. The number of nitrogens with zero attached hydrogens (tertiary/aromatic N) is 1. The number of carbonyl (C=O) groups is 2. The molecule has 0 aliphatic rings. The second-order valence-electron chi connectivity index (χ2n) is 9.08. The largest absolute Gasteiger partial charge is 0.428 e. The van der Waals surface area contributed by atoms with E-state index in [4.69, 9.17) is 9.47 Å². The van der Waals surface area contributed by atoms with E-state index in [0.29, 0.717) is 17.4 Å². The Labute approximate surface area is 233 Å². The van der Waals surface area contributed by atoms with Gasteiger partial charge in [-0.3, -0.25) is 9.59 Å². The summed E-state index contributed by atoms with van der Waals surface area (Å²) in [6.45, 7) is 14.2. The first-order valence-electron chi connectivity index (χ1n) is 13.3. The predicted molar refractivity (Wildman–Crippen MR) is 161 cm³/mol. The Balaban J connectivity index is -0.00000291. The quantitative estimate of drug-likeness (QED) is 0.0637. The van der Waals surface area contributed by atoms with Crippen molar-refractivity contribution in [2.24, 2.45) is 0 Å². The molecule has 0 amide bonds. The maximum Gasteiger partial charge on any atom is 0.311 e. The highest BCUT2D eigenvalue weighted by Gasteiger charge is 2.19. The molecule has 1 unspecified atom stereocenters. The van der Waals surface area contributed by atoms with Crippen molar-refractivity contribution in [1.29, 1.82) is 0 Å². The number of unbranched alkanes of at least 4 members (excludes halogenated alkanes) is 1. The Hall–Kier alpha value is -2.96. The summed E-state index contributed by atoms with van der Waals surface area (Å²) in [7, 11) is 5.78. The van der Waals surface area contributed by atoms with Crippen molar-refractivity contribution >= 4 is 11.9 Å². The van der Waals surface area contributed by atoms with E-state index in [-0.39, 0.29) is 12.8 Å². The lowest BCUT2D eigenvalue weighted by molar-refractivity contribution is -0.873. The minimum Gasteiger partial charge on any atom is -0.428 e. The van der Waals surface area contributed by atoms with Crippen LogP contribution in [0.4, 0.5) is 0 Å². The van der Waals surface area contributed by atoms with Crippen LogP contribution in [0.1, 0.15) is 64.7 Å². The highest BCUT2D eigenvalue weighted by Crippen LogP contribution is 2.03. The maximum absolute atomic E-state index is 11.7. The second-order valence-corrected chi connectivity index (χ2v) is 9.08. The molecule has 6 nitrogen and oxygen atoms in total. The van der Waals surface area contributed by atoms with Gasteiger partial charge in [0.05, 0.1) is 27.6 Å². The number of esters is 2. The topological polar surface area (TPSA) is 72.8 Å². The number of likely N-dealkylation sites (N-methyl/N-ethyl adjacent to an activating group) is 1. The van der Waals surface area contributed by atoms with Gasteiger partial charge in [-0.1, -0.05) is 67.7 Å². The molecule has 1 N–H and O–H groups in total. The van der Waals surface area contributed by atoms with E-state index >= 15 is 0 Å². The Morgan fingerprint density at radius 2 is 1.16 bits per heavy atom. The zero-order valence-electron chi connectivity index (χ0n) is 24.5. The average Bonchev–Trinajstić information content (AvgIpc) is 2.87. The van der Waals surface area contributed by atoms with Gasteiger partial charge in [0.2, 0.25) is 6.79 Å². The fourth-order valence-corrected chi connectivity index (χ4v) is 2.91. The van der Waals surface area contributed by atoms with E-state index in [0.717, 1.165) is 38.5 Å². The molecule has 0 aliphatic carbocycles. The molecule has 38 heavy (non-hydrogen) atoms. The predicted octanol–water partition coefficient (Wildman–Crippen LogP) is 7.01. The van der Waals surface area contributed by atoms with E-state index in [1.165, 1.54) is 0 Å². The van der Waals surface area contributed by atoms with Crippen LogP contribution in [0.5, 0.6) is 0 Å². The molecule has 0 rings (SSSR count). The van der Waals surface area contributed by atoms with E-state index in [1.807, 2.05) is 21.1 Å². The first-order valence-corrected chi connectivity index (χ1v) is 13.3. The van der Waals surface area contributed by atoms with Crippen molar-refractivity contribution in [3.63, 3.8) is 0 Å². The number of rotatable bonds is 19. The summed E-state index contributed by atoms with van der Waals surface area (Å²) in [6, 6.07) is 0. The monoisotopic (exact) mass is 532 g/mol. The summed E-state index contributed by atoms with van der Waals surface area (Å²) in [5, 5.41) is 9.84. The average molecular weight is 533 g/mol. The van der Waals surface area contributed by atoms with Gasteiger partial charge in [-0.25, -0.2) is 0 Å². The maximum atomic E-state index is 11.7. The van der Waals surface area contributed by atoms with Gasteiger partial charge >= 0.3 is 11.9 Å². The zero-order chi connectivity index (χ0) is 29.5. The molecule has 0 radical (unpaired) electrons. The summed E-state index contributed by atoms with van der Waals surface area (Å²) in [6.07, 6.45) is 27.2. The van der Waals surface area contributed by atoms with E-state index in [1.54, 1.807) is 0 Å². The van der Waals surface area contributed by atoms with Crippen LogP contribution >= 0.6 is 0 Å². The molecule has 0 saturated heterocycles. The minimum atomic E-state index is -0.785. The molecular weight excluding hydrogens is 478 g/mol.